The third-order valence-electron chi connectivity index (χ3n) is 1.68. The Bertz CT molecular complexity index is 389. The van der Waals surface area contributed by atoms with Crippen molar-refractivity contribution in [2.75, 3.05) is 0 Å². The van der Waals surface area contributed by atoms with Crippen LogP contribution in [0.15, 0.2) is 28.9 Å². The van der Waals surface area contributed by atoms with Gasteiger partial charge in [-0.1, -0.05) is 23.2 Å². The van der Waals surface area contributed by atoms with Crippen LogP contribution in [0.3, 0.4) is 0 Å². The average molecular weight is 167 g/mol. The number of fused-ring (bicyclic) bond motifs is 1. The van der Waals surface area contributed by atoms with E-state index in [-0.39, 0.29) is 0 Å². The Hall–Kier alpha value is -0.950. The molecule has 2 aromatic rings. The Morgan fingerprint density at radius 3 is 3.00 bits per heavy atom. The average Bonchev–Trinajstić information content (AvgIpc) is 2.33. The lowest BCUT2D eigenvalue weighted by Gasteiger charge is -1.90. The van der Waals surface area contributed by atoms with E-state index < -0.39 is 0 Å². The van der Waals surface area contributed by atoms with Gasteiger partial charge in [-0.05, 0) is 19.1 Å². The predicted octanol–water partition coefficient (Wildman–Crippen LogP) is 3.39. The van der Waals surface area contributed by atoms with Gasteiger partial charge in [-0.15, -0.1) is 0 Å². The van der Waals surface area contributed by atoms with E-state index in [4.69, 9.17) is 16.0 Å². The summed E-state index contributed by atoms with van der Waals surface area (Å²) in [4.78, 5) is 0. The maximum atomic E-state index is 5.85. The molecule has 1 nitrogen and oxygen atoms in total. The molecule has 1 aromatic carbocycles. The molecule has 0 aliphatic carbocycles. The number of hydrogen-bond acceptors (Lipinski definition) is 1. The third-order valence-corrected chi connectivity index (χ3v) is 1.97. The summed E-state index contributed by atoms with van der Waals surface area (Å²) < 4.78 is 5.17. The van der Waals surface area contributed by atoms with Crippen LogP contribution in [0.2, 0.25) is 5.02 Å². The smallest absolute Gasteiger partial charge is 0.135 e. The van der Waals surface area contributed by atoms with Gasteiger partial charge in [0.1, 0.15) is 11.8 Å². The molecule has 0 aliphatic rings. The second kappa shape index (κ2) is 2.28. The van der Waals surface area contributed by atoms with E-state index in [1.165, 1.54) is 5.56 Å². The van der Waals surface area contributed by atoms with E-state index in [1.807, 2.05) is 25.1 Å². The van der Waals surface area contributed by atoms with Crippen LogP contribution in [0.5, 0.6) is 0 Å². The van der Waals surface area contributed by atoms with Crippen molar-refractivity contribution in [3.8, 4) is 0 Å². The number of halogens is 1. The minimum absolute atomic E-state index is 0.684. The summed E-state index contributed by atoms with van der Waals surface area (Å²) in [5, 5.41) is 1.68. The molecule has 56 valence electrons. The first-order chi connectivity index (χ1) is 5.27. The molecule has 1 aromatic heterocycles. The molecule has 2 heteroatoms. The van der Waals surface area contributed by atoms with Gasteiger partial charge in [-0.2, -0.15) is 0 Å². The predicted molar refractivity (Wildman–Crippen MR) is 46.0 cm³/mol. The topological polar surface area (TPSA) is 13.1 Å². The highest BCUT2D eigenvalue weighted by atomic mass is 35.5. The zero-order chi connectivity index (χ0) is 7.84. The summed E-state index contributed by atoms with van der Waals surface area (Å²) in [5.41, 5.74) is 2.04. The highest BCUT2D eigenvalue weighted by Gasteiger charge is 2.01. The Kier molecular flexibility index (Phi) is 1.40. The van der Waals surface area contributed by atoms with Crippen molar-refractivity contribution >= 4 is 22.6 Å². The lowest BCUT2D eigenvalue weighted by atomic mass is 10.2. The van der Waals surface area contributed by atoms with Gasteiger partial charge in [-0.3, -0.25) is 0 Å². The van der Waals surface area contributed by atoms with Gasteiger partial charge < -0.3 is 4.42 Å². The fourth-order valence-electron chi connectivity index (χ4n) is 1.11. The van der Waals surface area contributed by atoms with Crippen molar-refractivity contribution in [3.05, 3.63) is 35.0 Å². The van der Waals surface area contributed by atoms with Crippen LogP contribution in [0, 0.1) is 6.92 Å². The van der Waals surface area contributed by atoms with Crippen LogP contribution >= 0.6 is 11.6 Å². The zero-order valence-corrected chi connectivity index (χ0v) is 6.85. The second-order valence-corrected chi connectivity index (χ2v) is 2.99. The number of hydrogen-bond donors (Lipinski definition) is 0. The first-order valence-corrected chi connectivity index (χ1v) is 3.78. The van der Waals surface area contributed by atoms with Crippen molar-refractivity contribution in [1.82, 2.24) is 0 Å². The van der Waals surface area contributed by atoms with Crippen molar-refractivity contribution in [2.45, 2.75) is 6.92 Å². The van der Waals surface area contributed by atoms with Crippen LogP contribution in [-0.2, 0) is 0 Å². The number of rotatable bonds is 0. The van der Waals surface area contributed by atoms with Crippen LogP contribution in [-0.4, -0.2) is 0 Å². The maximum Gasteiger partial charge on any atom is 0.135 e. The number of benzene rings is 1. The molecule has 1 heterocycles. The molecule has 0 bridgehead atoms. The largest absolute Gasteiger partial charge is 0.463 e. The molecule has 0 spiro atoms. The lowest BCUT2D eigenvalue weighted by molar-refractivity contribution is 0.616. The fraction of sp³-hybridized carbons (Fsp3) is 0.111. The van der Waals surface area contributed by atoms with Crippen LogP contribution in [0.25, 0.3) is 11.0 Å². The van der Waals surface area contributed by atoms with Crippen LogP contribution in [0.1, 0.15) is 5.56 Å². The van der Waals surface area contributed by atoms with Gasteiger partial charge in [0.05, 0.1) is 5.02 Å². The summed E-state index contributed by atoms with van der Waals surface area (Å²) in [6, 6.07) is 5.94. The molecule has 0 amide bonds. The summed E-state index contributed by atoms with van der Waals surface area (Å²) >= 11 is 5.85. The summed E-state index contributed by atoms with van der Waals surface area (Å²) in [6.45, 7) is 2.03. The Morgan fingerprint density at radius 1 is 1.36 bits per heavy atom. The van der Waals surface area contributed by atoms with E-state index in [0.29, 0.717) is 5.02 Å². The molecule has 0 atom stereocenters. The quantitative estimate of drug-likeness (QED) is 0.585. The zero-order valence-electron chi connectivity index (χ0n) is 6.10. The van der Waals surface area contributed by atoms with E-state index in [9.17, 15) is 0 Å². The minimum atomic E-state index is 0.684. The van der Waals surface area contributed by atoms with Crippen molar-refractivity contribution in [2.24, 2.45) is 0 Å². The van der Waals surface area contributed by atoms with Crippen molar-refractivity contribution in [1.29, 1.82) is 0 Å². The third kappa shape index (κ3) is 1.02. The van der Waals surface area contributed by atoms with Gasteiger partial charge in [-0.25, -0.2) is 0 Å². The monoisotopic (exact) mass is 166 g/mol. The highest BCUT2D eigenvalue weighted by molar-refractivity contribution is 6.35. The normalized spacial score (nSPS) is 10.7. The standard InChI is InChI=1S/C9H7ClO/c1-6-2-3-9-7(4-6)8(10)5-11-9/h2-5H,1H3. The summed E-state index contributed by atoms with van der Waals surface area (Å²) in [5.74, 6) is 0. The van der Waals surface area contributed by atoms with Gasteiger partial charge in [0.25, 0.3) is 0 Å². The summed E-state index contributed by atoms with van der Waals surface area (Å²) in [6.07, 6.45) is 1.56. The van der Waals surface area contributed by atoms with Crippen LogP contribution < -0.4 is 0 Å². The molecular formula is C9H7ClO. The first-order valence-electron chi connectivity index (χ1n) is 3.41. The molecule has 0 N–H and O–H groups in total. The molecule has 0 saturated heterocycles. The molecule has 2 rings (SSSR count). The van der Waals surface area contributed by atoms with E-state index in [1.54, 1.807) is 6.26 Å². The fourth-order valence-corrected chi connectivity index (χ4v) is 1.30. The first kappa shape index (κ1) is 6.74. The highest BCUT2D eigenvalue weighted by Crippen LogP contribution is 2.25. The van der Waals surface area contributed by atoms with Crippen molar-refractivity contribution < 1.29 is 4.42 Å². The van der Waals surface area contributed by atoms with E-state index in [0.717, 1.165) is 11.0 Å². The van der Waals surface area contributed by atoms with E-state index in [2.05, 4.69) is 0 Å². The minimum Gasteiger partial charge on any atom is -0.463 e. The summed E-state index contributed by atoms with van der Waals surface area (Å²) in [7, 11) is 0. The number of aryl methyl sites for hydroxylation is 1. The van der Waals surface area contributed by atoms with Gasteiger partial charge >= 0.3 is 0 Å². The molecule has 0 unspecified atom stereocenters. The van der Waals surface area contributed by atoms with Gasteiger partial charge in [0.15, 0.2) is 0 Å². The Labute approximate surface area is 69.6 Å². The van der Waals surface area contributed by atoms with E-state index >= 15 is 0 Å². The molecule has 11 heavy (non-hydrogen) atoms. The molecule has 0 radical (unpaired) electrons. The molecule has 0 fully saturated rings. The lowest BCUT2D eigenvalue weighted by Crippen LogP contribution is -1.69. The molecule has 0 saturated carbocycles. The van der Waals surface area contributed by atoms with Gasteiger partial charge in [0.2, 0.25) is 0 Å². The van der Waals surface area contributed by atoms with Crippen LogP contribution in [0.4, 0.5) is 0 Å². The molecular weight excluding hydrogens is 160 g/mol. The SMILES string of the molecule is Cc1ccc2occ(Cl)c2c1. The Balaban J connectivity index is 2.87. The molecule has 0 aliphatic heterocycles. The van der Waals surface area contributed by atoms with Crippen molar-refractivity contribution in [3.63, 3.8) is 0 Å². The second-order valence-electron chi connectivity index (χ2n) is 2.58. The Morgan fingerprint density at radius 2 is 2.18 bits per heavy atom. The maximum absolute atomic E-state index is 5.85. The van der Waals surface area contributed by atoms with Gasteiger partial charge in [0, 0.05) is 5.39 Å². The number of furan rings is 1.